The van der Waals surface area contributed by atoms with E-state index in [0.717, 1.165) is 5.69 Å². The SMILES string of the molecule is CC(C)(C)[Si](C)(C)OC[C@H]1O[C@]2(c3cnc4c(N)ncnn34)CC=C[C@]2(C)[C@@H]1O[Si](C)(C)C(C)(C)C. The Labute approximate surface area is 218 Å². The van der Waals surface area contributed by atoms with Crippen molar-refractivity contribution < 1.29 is 13.6 Å². The molecule has 4 rings (SSSR count). The van der Waals surface area contributed by atoms with Crippen LogP contribution in [-0.2, 0) is 19.2 Å². The molecule has 1 aliphatic heterocycles. The van der Waals surface area contributed by atoms with Crippen LogP contribution < -0.4 is 5.73 Å². The summed E-state index contributed by atoms with van der Waals surface area (Å²) in [6, 6.07) is 0. The molecule has 0 unspecified atom stereocenters. The molecule has 0 saturated carbocycles. The molecule has 0 amide bonds. The first kappa shape index (κ1) is 27.4. The van der Waals surface area contributed by atoms with Gasteiger partial charge in [-0.15, -0.1) is 0 Å². The van der Waals surface area contributed by atoms with Crippen molar-refractivity contribution in [2.45, 2.75) is 109 Å². The number of hydrogen-bond acceptors (Lipinski definition) is 7. The standard InChI is InChI=1S/C26H45N5O3Si2/c1-23(2,3)35(8,9)32-16-18-20(34-36(10,11)24(4,5)6)25(7)13-12-14-26(25,33-18)19-15-28-22-21(27)29-17-30-31(19)22/h12-13,15,17-18,20H,14,16H2,1-11H3,(H2,27,29,30)/t18-,20-,25-,26+/m1/s1. The Morgan fingerprint density at radius 3 is 2.33 bits per heavy atom. The van der Waals surface area contributed by atoms with Gasteiger partial charge in [-0.3, -0.25) is 0 Å². The summed E-state index contributed by atoms with van der Waals surface area (Å²) in [4.78, 5) is 8.70. The minimum absolute atomic E-state index is 0.0623. The zero-order chi connectivity index (χ0) is 26.9. The lowest BCUT2D eigenvalue weighted by Crippen LogP contribution is -2.52. The number of anilines is 1. The van der Waals surface area contributed by atoms with Gasteiger partial charge in [-0.2, -0.15) is 5.10 Å². The first-order chi connectivity index (χ1) is 16.4. The molecule has 1 fully saturated rings. The molecule has 2 N–H and O–H groups in total. The minimum Gasteiger partial charge on any atom is -0.414 e. The van der Waals surface area contributed by atoms with E-state index in [-0.39, 0.29) is 22.3 Å². The van der Waals surface area contributed by atoms with E-state index in [1.54, 1.807) is 4.52 Å². The van der Waals surface area contributed by atoms with Crippen molar-refractivity contribution in [2.75, 3.05) is 12.3 Å². The van der Waals surface area contributed by atoms with E-state index in [9.17, 15) is 0 Å². The topological polar surface area (TPSA) is 96.8 Å². The molecule has 0 spiro atoms. The monoisotopic (exact) mass is 531 g/mol. The average molecular weight is 532 g/mol. The van der Waals surface area contributed by atoms with Gasteiger partial charge in [-0.1, -0.05) is 60.6 Å². The summed E-state index contributed by atoms with van der Waals surface area (Å²) in [7, 11) is -4.13. The van der Waals surface area contributed by atoms with Crippen molar-refractivity contribution in [1.29, 1.82) is 0 Å². The maximum atomic E-state index is 7.21. The molecule has 4 atom stereocenters. The van der Waals surface area contributed by atoms with Crippen LogP contribution in [0.3, 0.4) is 0 Å². The summed E-state index contributed by atoms with van der Waals surface area (Å²) in [5.41, 5.74) is 6.43. The van der Waals surface area contributed by atoms with E-state index >= 15 is 0 Å². The highest BCUT2D eigenvalue weighted by Crippen LogP contribution is 2.61. The van der Waals surface area contributed by atoms with Gasteiger partial charge in [0, 0.05) is 11.8 Å². The van der Waals surface area contributed by atoms with Gasteiger partial charge >= 0.3 is 0 Å². The smallest absolute Gasteiger partial charge is 0.196 e. The van der Waals surface area contributed by atoms with Crippen LogP contribution in [0.2, 0.25) is 36.3 Å². The van der Waals surface area contributed by atoms with Gasteiger partial charge in [-0.05, 0) is 36.3 Å². The maximum Gasteiger partial charge on any atom is 0.196 e. The van der Waals surface area contributed by atoms with Gasteiger partial charge in [0.25, 0.3) is 0 Å². The van der Waals surface area contributed by atoms with Crippen molar-refractivity contribution in [3.63, 3.8) is 0 Å². The molecular weight excluding hydrogens is 486 g/mol. The number of ether oxygens (including phenoxy) is 1. The summed E-state index contributed by atoms with van der Waals surface area (Å²) in [5, 5.41) is 4.68. The zero-order valence-corrected chi connectivity index (χ0v) is 26.0. The van der Waals surface area contributed by atoms with Crippen LogP contribution in [0.4, 0.5) is 5.82 Å². The number of rotatable bonds is 6. The van der Waals surface area contributed by atoms with E-state index in [1.807, 2.05) is 6.20 Å². The van der Waals surface area contributed by atoms with Gasteiger partial charge in [0.15, 0.2) is 28.1 Å². The Morgan fingerprint density at radius 1 is 1.08 bits per heavy atom. The van der Waals surface area contributed by atoms with Crippen molar-refractivity contribution in [3.8, 4) is 0 Å². The Morgan fingerprint density at radius 2 is 1.72 bits per heavy atom. The molecule has 0 aromatic carbocycles. The molecule has 10 heteroatoms. The molecule has 1 aliphatic carbocycles. The second kappa shape index (κ2) is 8.46. The Balaban J connectivity index is 1.81. The number of imidazole rings is 1. The molecular formula is C26H45N5O3Si2. The number of nitrogens with two attached hydrogens (primary N) is 1. The predicted molar refractivity (Wildman–Crippen MR) is 149 cm³/mol. The molecule has 2 aromatic heterocycles. The summed E-state index contributed by atoms with van der Waals surface area (Å²) >= 11 is 0. The van der Waals surface area contributed by atoms with Gasteiger partial charge < -0.3 is 19.3 Å². The van der Waals surface area contributed by atoms with Gasteiger partial charge in [-0.25, -0.2) is 14.5 Å². The highest BCUT2D eigenvalue weighted by Gasteiger charge is 2.67. The Kier molecular flexibility index (Phi) is 6.45. The van der Waals surface area contributed by atoms with E-state index in [4.69, 9.17) is 19.3 Å². The number of fused-ring (bicyclic) bond motifs is 2. The maximum absolute atomic E-state index is 7.21. The quantitative estimate of drug-likeness (QED) is 0.378. The molecule has 0 bridgehead atoms. The first-order valence-corrected chi connectivity index (χ1v) is 18.8. The lowest BCUT2D eigenvalue weighted by molar-refractivity contribution is -0.0863. The lowest BCUT2D eigenvalue weighted by atomic mass is 9.71. The summed E-state index contributed by atoms with van der Waals surface area (Å²) < 4.78 is 22.9. The van der Waals surface area contributed by atoms with Crippen molar-refractivity contribution in [1.82, 2.24) is 19.6 Å². The number of nitrogen functional groups attached to an aromatic ring is 1. The highest BCUT2D eigenvalue weighted by atomic mass is 28.4. The molecule has 1 saturated heterocycles. The molecule has 3 heterocycles. The van der Waals surface area contributed by atoms with Crippen LogP contribution in [0.5, 0.6) is 0 Å². The van der Waals surface area contributed by atoms with Gasteiger partial charge in [0.05, 0.1) is 24.6 Å². The van der Waals surface area contributed by atoms with Gasteiger partial charge in [0.1, 0.15) is 18.0 Å². The number of aromatic nitrogens is 4. The van der Waals surface area contributed by atoms with Gasteiger partial charge in [0.2, 0.25) is 0 Å². The van der Waals surface area contributed by atoms with E-state index in [0.29, 0.717) is 24.5 Å². The van der Waals surface area contributed by atoms with Crippen LogP contribution >= 0.6 is 0 Å². The van der Waals surface area contributed by atoms with Crippen LogP contribution in [0.1, 0.15) is 60.6 Å². The van der Waals surface area contributed by atoms with E-state index in [2.05, 4.69) is 102 Å². The summed E-state index contributed by atoms with van der Waals surface area (Å²) in [5.74, 6) is 0.352. The number of nitrogens with zero attached hydrogens (tertiary/aromatic N) is 4. The molecule has 0 radical (unpaired) electrons. The average Bonchev–Trinajstić information content (AvgIpc) is 3.36. The molecule has 2 aromatic rings. The Bertz CT molecular complexity index is 1170. The second-order valence-corrected chi connectivity index (χ2v) is 23.3. The number of hydrogen-bond donors (Lipinski definition) is 1. The molecule has 8 nitrogen and oxygen atoms in total. The fourth-order valence-corrected chi connectivity index (χ4v) is 7.30. The fourth-order valence-electron chi connectivity index (χ4n) is 4.90. The normalized spacial score (nSPS) is 29.3. The Hall–Kier alpha value is -1.60. The van der Waals surface area contributed by atoms with Crippen molar-refractivity contribution in [2.24, 2.45) is 5.41 Å². The van der Waals surface area contributed by atoms with Crippen LogP contribution in [0, 0.1) is 5.41 Å². The molecule has 36 heavy (non-hydrogen) atoms. The highest BCUT2D eigenvalue weighted by molar-refractivity contribution is 6.74. The lowest BCUT2D eigenvalue weighted by Gasteiger charge is -2.44. The first-order valence-electron chi connectivity index (χ1n) is 13.0. The van der Waals surface area contributed by atoms with Crippen molar-refractivity contribution in [3.05, 3.63) is 30.4 Å². The molecule has 200 valence electrons. The summed E-state index contributed by atoms with van der Waals surface area (Å²) in [6.45, 7) is 25.6. The third-order valence-electron chi connectivity index (χ3n) is 9.41. The van der Waals surface area contributed by atoms with Crippen LogP contribution in [0.25, 0.3) is 5.65 Å². The van der Waals surface area contributed by atoms with E-state index in [1.165, 1.54) is 6.33 Å². The second-order valence-electron chi connectivity index (χ2n) is 13.8. The largest absolute Gasteiger partial charge is 0.414 e. The minimum atomic E-state index is -2.14. The molecule has 2 aliphatic rings. The van der Waals surface area contributed by atoms with Crippen LogP contribution in [-0.4, -0.2) is 55.0 Å². The third kappa shape index (κ3) is 4.09. The predicted octanol–water partition coefficient (Wildman–Crippen LogP) is 5.68. The summed E-state index contributed by atoms with van der Waals surface area (Å²) in [6.07, 6.45) is 8.10. The zero-order valence-electron chi connectivity index (χ0n) is 24.0. The van der Waals surface area contributed by atoms with Crippen LogP contribution in [0.15, 0.2) is 24.7 Å². The van der Waals surface area contributed by atoms with Crippen molar-refractivity contribution >= 4 is 28.1 Å². The third-order valence-corrected chi connectivity index (χ3v) is 18.4. The van der Waals surface area contributed by atoms with E-state index < -0.39 is 27.7 Å². The fraction of sp³-hybridized carbons (Fsp3) is 0.731.